The van der Waals surface area contributed by atoms with Crippen molar-refractivity contribution in [1.82, 2.24) is 12.3 Å². The zero-order valence-electron chi connectivity index (χ0n) is 9.41. The van der Waals surface area contributed by atoms with Crippen molar-refractivity contribution in [2.75, 3.05) is 0 Å². The topological polar surface area (TPSA) is 104 Å². The third-order valence-electron chi connectivity index (χ3n) is 2.11. The summed E-state index contributed by atoms with van der Waals surface area (Å²) in [5.74, 6) is 0. The van der Waals surface area contributed by atoms with Gasteiger partial charge >= 0.3 is 0 Å². The zero-order valence-corrected chi connectivity index (χ0v) is 10.2. The second-order valence-corrected chi connectivity index (χ2v) is 5.08. The Balaban J connectivity index is 0.00000128. The van der Waals surface area contributed by atoms with Crippen LogP contribution in [0.4, 0.5) is 0 Å². The smallest absolute Gasteiger partial charge is 0.206 e. The molecular weight excluding hydrogens is 236 g/mol. The summed E-state index contributed by atoms with van der Waals surface area (Å²) >= 11 is 0. The number of rotatable bonds is 2. The van der Waals surface area contributed by atoms with Crippen molar-refractivity contribution < 1.29 is 8.42 Å². The first kappa shape index (κ1) is 15.3. The van der Waals surface area contributed by atoms with Crippen LogP contribution in [0.1, 0.15) is 0 Å². The van der Waals surface area contributed by atoms with E-state index in [0.717, 1.165) is 0 Å². The number of sulfone groups is 1. The molecule has 0 saturated carbocycles. The Morgan fingerprint density at radius 3 is 1.18 bits per heavy atom. The third kappa shape index (κ3) is 3.13. The van der Waals surface area contributed by atoms with Gasteiger partial charge in [0.25, 0.3) is 0 Å². The van der Waals surface area contributed by atoms with Gasteiger partial charge in [0, 0.05) is 0 Å². The van der Waals surface area contributed by atoms with Crippen molar-refractivity contribution in [2.24, 2.45) is 0 Å². The van der Waals surface area contributed by atoms with Crippen molar-refractivity contribution >= 4 is 9.84 Å². The van der Waals surface area contributed by atoms with Crippen LogP contribution in [0.15, 0.2) is 70.5 Å². The highest BCUT2D eigenvalue weighted by atomic mass is 32.2. The normalized spacial score (nSPS) is 9.88. The maximum atomic E-state index is 12.0. The van der Waals surface area contributed by atoms with Gasteiger partial charge in [-0.15, -0.1) is 0 Å². The Bertz CT molecular complexity index is 494. The molecule has 0 amide bonds. The van der Waals surface area contributed by atoms with Gasteiger partial charge in [-0.05, 0) is 24.3 Å². The van der Waals surface area contributed by atoms with Gasteiger partial charge in [0.05, 0.1) is 9.79 Å². The first-order chi connectivity index (χ1) is 7.21. The van der Waals surface area contributed by atoms with Crippen LogP contribution in [-0.4, -0.2) is 8.42 Å². The summed E-state index contributed by atoms with van der Waals surface area (Å²) in [6.07, 6.45) is 0. The fourth-order valence-corrected chi connectivity index (χ4v) is 2.64. The molecule has 17 heavy (non-hydrogen) atoms. The largest absolute Gasteiger partial charge is 0.344 e. The van der Waals surface area contributed by atoms with E-state index in [2.05, 4.69) is 0 Å². The van der Waals surface area contributed by atoms with E-state index in [1.165, 1.54) is 0 Å². The van der Waals surface area contributed by atoms with Gasteiger partial charge in [-0.25, -0.2) is 8.42 Å². The fraction of sp³-hybridized carbons (Fsp3) is 0. The first-order valence-corrected chi connectivity index (χ1v) is 6.05. The summed E-state index contributed by atoms with van der Waals surface area (Å²) in [5.41, 5.74) is 0. The Morgan fingerprint density at radius 2 is 0.882 bits per heavy atom. The van der Waals surface area contributed by atoms with Crippen molar-refractivity contribution in [1.29, 1.82) is 0 Å². The molecule has 92 valence electrons. The molecular formula is C12H16N2O2S. The van der Waals surface area contributed by atoms with E-state index in [0.29, 0.717) is 9.79 Å². The highest BCUT2D eigenvalue weighted by molar-refractivity contribution is 7.91. The summed E-state index contributed by atoms with van der Waals surface area (Å²) < 4.78 is 24.1. The lowest BCUT2D eigenvalue weighted by Crippen LogP contribution is -2.00. The van der Waals surface area contributed by atoms with Gasteiger partial charge in [0.2, 0.25) is 9.84 Å². The SMILES string of the molecule is N.N.O=S(=O)(c1ccccc1)c1ccccc1. The van der Waals surface area contributed by atoms with Crippen LogP contribution in [0.25, 0.3) is 0 Å². The second kappa shape index (κ2) is 6.15. The monoisotopic (exact) mass is 252 g/mol. The molecule has 2 aromatic rings. The molecule has 0 aliphatic carbocycles. The van der Waals surface area contributed by atoms with Gasteiger partial charge in [-0.3, -0.25) is 0 Å². The van der Waals surface area contributed by atoms with Gasteiger partial charge in [0.1, 0.15) is 0 Å². The number of hydrogen-bond acceptors (Lipinski definition) is 4. The maximum Gasteiger partial charge on any atom is 0.206 e. The van der Waals surface area contributed by atoms with Crippen LogP contribution in [0.3, 0.4) is 0 Å². The van der Waals surface area contributed by atoms with E-state index in [1.807, 2.05) is 0 Å². The lowest BCUT2D eigenvalue weighted by Gasteiger charge is -2.03. The average molecular weight is 252 g/mol. The Hall–Kier alpha value is -1.69. The predicted octanol–water partition coefficient (Wildman–Crippen LogP) is 2.84. The molecule has 2 aromatic carbocycles. The molecule has 0 fully saturated rings. The summed E-state index contributed by atoms with van der Waals surface area (Å²) in [6.45, 7) is 0. The summed E-state index contributed by atoms with van der Waals surface area (Å²) in [4.78, 5) is 0.660. The highest BCUT2D eigenvalue weighted by Crippen LogP contribution is 2.19. The first-order valence-electron chi connectivity index (χ1n) is 4.56. The van der Waals surface area contributed by atoms with Crippen molar-refractivity contribution in [3.05, 3.63) is 60.7 Å². The minimum atomic E-state index is -3.34. The van der Waals surface area contributed by atoms with Crippen LogP contribution in [-0.2, 0) is 9.84 Å². The van der Waals surface area contributed by atoms with Crippen molar-refractivity contribution in [3.8, 4) is 0 Å². The van der Waals surface area contributed by atoms with E-state index in [1.54, 1.807) is 60.7 Å². The van der Waals surface area contributed by atoms with Crippen molar-refractivity contribution in [3.63, 3.8) is 0 Å². The molecule has 0 bridgehead atoms. The fourth-order valence-electron chi connectivity index (χ4n) is 1.34. The number of benzene rings is 2. The second-order valence-electron chi connectivity index (χ2n) is 3.13. The van der Waals surface area contributed by atoms with Gasteiger partial charge in [0.15, 0.2) is 0 Å². The molecule has 0 aliphatic rings. The molecule has 0 heterocycles. The van der Waals surface area contributed by atoms with E-state index in [4.69, 9.17) is 0 Å². The summed E-state index contributed by atoms with van der Waals surface area (Å²) in [6, 6.07) is 16.9. The molecule has 0 atom stereocenters. The minimum absolute atomic E-state index is 0. The standard InChI is InChI=1S/C12H10O2S.2H3N/c13-15(14,11-7-3-1-4-8-11)12-9-5-2-6-10-12;;/h1-10H;2*1H3. The molecule has 0 aromatic heterocycles. The maximum absolute atomic E-state index is 12.0. The van der Waals surface area contributed by atoms with Gasteiger partial charge in [-0.1, -0.05) is 36.4 Å². The molecule has 0 spiro atoms. The lowest BCUT2D eigenvalue weighted by atomic mass is 10.4. The Kier molecular flexibility index (Phi) is 5.53. The predicted molar refractivity (Wildman–Crippen MR) is 68.4 cm³/mol. The molecule has 2 rings (SSSR count). The molecule has 0 saturated heterocycles. The van der Waals surface area contributed by atoms with Crippen LogP contribution in [0, 0.1) is 0 Å². The lowest BCUT2D eigenvalue weighted by molar-refractivity contribution is 0.596. The molecule has 0 aliphatic heterocycles. The van der Waals surface area contributed by atoms with E-state index in [-0.39, 0.29) is 12.3 Å². The third-order valence-corrected chi connectivity index (χ3v) is 3.89. The molecule has 6 N–H and O–H groups in total. The van der Waals surface area contributed by atoms with E-state index < -0.39 is 9.84 Å². The highest BCUT2D eigenvalue weighted by Gasteiger charge is 2.15. The van der Waals surface area contributed by atoms with Gasteiger partial charge < -0.3 is 12.3 Å². The summed E-state index contributed by atoms with van der Waals surface area (Å²) in [7, 11) is -3.34. The molecule has 5 heteroatoms. The van der Waals surface area contributed by atoms with Crippen LogP contribution in [0.2, 0.25) is 0 Å². The van der Waals surface area contributed by atoms with Crippen LogP contribution >= 0.6 is 0 Å². The Morgan fingerprint density at radius 1 is 0.588 bits per heavy atom. The molecule has 0 unspecified atom stereocenters. The van der Waals surface area contributed by atoms with Gasteiger partial charge in [-0.2, -0.15) is 0 Å². The van der Waals surface area contributed by atoms with E-state index in [9.17, 15) is 8.42 Å². The summed E-state index contributed by atoms with van der Waals surface area (Å²) in [5, 5.41) is 0. The Labute approximate surface area is 101 Å². The van der Waals surface area contributed by atoms with Crippen molar-refractivity contribution in [2.45, 2.75) is 9.79 Å². The number of hydrogen-bond donors (Lipinski definition) is 2. The molecule has 0 radical (unpaired) electrons. The van der Waals surface area contributed by atoms with Crippen LogP contribution in [0.5, 0.6) is 0 Å². The molecule has 4 nitrogen and oxygen atoms in total. The van der Waals surface area contributed by atoms with E-state index >= 15 is 0 Å². The zero-order chi connectivity index (χ0) is 10.7. The quantitative estimate of drug-likeness (QED) is 0.857. The average Bonchev–Trinajstić information content (AvgIpc) is 2.31. The minimum Gasteiger partial charge on any atom is -0.344 e. The van der Waals surface area contributed by atoms with Crippen LogP contribution < -0.4 is 12.3 Å².